The van der Waals surface area contributed by atoms with Crippen LogP contribution in [-0.2, 0) is 0 Å². The van der Waals surface area contributed by atoms with Crippen LogP contribution in [0.3, 0.4) is 0 Å². The highest BCUT2D eigenvalue weighted by molar-refractivity contribution is 5.82. The molecule has 18 heavy (non-hydrogen) atoms. The molecule has 2 heterocycles. The first-order valence-electron chi connectivity index (χ1n) is 6.76. The van der Waals surface area contributed by atoms with Crippen LogP contribution in [0, 0.1) is 5.92 Å². The van der Waals surface area contributed by atoms with Gasteiger partial charge in [0, 0.05) is 19.0 Å². The summed E-state index contributed by atoms with van der Waals surface area (Å²) < 4.78 is 0. The lowest BCUT2D eigenvalue weighted by molar-refractivity contribution is 0.461. The number of nitrogens with one attached hydrogen (secondary N) is 2. The van der Waals surface area contributed by atoms with E-state index in [1.807, 2.05) is 18.5 Å². The Labute approximate surface area is 109 Å². The number of hydrogen-bond acceptors (Lipinski definition) is 4. The Hall–Kier alpha value is -1.42. The standard InChI is InChI=1S/C14H22N4/c1-5-15-6-2-13(1)11-17-9-10-18-12-14-3-7-16-8-4-14/h1-2,5,11-12,14-16H,3-4,6-10H2. The molecule has 98 valence electrons. The van der Waals surface area contributed by atoms with Gasteiger partial charge in [-0.1, -0.05) is 6.08 Å². The third kappa shape index (κ3) is 4.84. The van der Waals surface area contributed by atoms with Crippen LogP contribution in [0.5, 0.6) is 0 Å². The topological polar surface area (TPSA) is 48.8 Å². The maximum atomic E-state index is 4.46. The summed E-state index contributed by atoms with van der Waals surface area (Å²) in [5.41, 5.74) is 1.18. The van der Waals surface area contributed by atoms with E-state index in [4.69, 9.17) is 0 Å². The van der Waals surface area contributed by atoms with Gasteiger partial charge in [0.15, 0.2) is 0 Å². The van der Waals surface area contributed by atoms with E-state index in [2.05, 4.69) is 32.9 Å². The summed E-state index contributed by atoms with van der Waals surface area (Å²) in [5.74, 6) is 0.672. The predicted molar refractivity (Wildman–Crippen MR) is 77.5 cm³/mol. The molecule has 2 N–H and O–H groups in total. The van der Waals surface area contributed by atoms with Crippen molar-refractivity contribution in [2.45, 2.75) is 12.8 Å². The normalized spacial score (nSPS) is 21.4. The summed E-state index contributed by atoms with van der Waals surface area (Å²) in [6.07, 6.45) is 12.6. The molecule has 4 nitrogen and oxygen atoms in total. The van der Waals surface area contributed by atoms with Gasteiger partial charge in [-0.05, 0) is 49.7 Å². The average molecular weight is 246 g/mol. The summed E-state index contributed by atoms with van der Waals surface area (Å²) in [5, 5.41) is 6.47. The van der Waals surface area contributed by atoms with E-state index < -0.39 is 0 Å². The molecule has 2 rings (SSSR count). The maximum absolute atomic E-state index is 4.46. The molecule has 4 heteroatoms. The van der Waals surface area contributed by atoms with Crippen molar-refractivity contribution in [2.75, 3.05) is 32.7 Å². The molecule has 1 fully saturated rings. The van der Waals surface area contributed by atoms with Crippen molar-refractivity contribution in [1.29, 1.82) is 0 Å². The van der Waals surface area contributed by atoms with Gasteiger partial charge in [-0.15, -0.1) is 0 Å². The summed E-state index contributed by atoms with van der Waals surface area (Å²) in [6, 6.07) is 0. The molecule has 2 aliphatic rings. The lowest BCUT2D eigenvalue weighted by atomic mass is 10.00. The fraction of sp³-hybridized carbons (Fsp3) is 0.571. The Bertz CT molecular complexity index is 349. The van der Waals surface area contributed by atoms with Gasteiger partial charge in [-0.3, -0.25) is 9.98 Å². The highest BCUT2D eigenvalue weighted by atomic mass is 14.9. The number of nitrogens with zero attached hydrogens (tertiary/aromatic N) is 2. The molecular weight excluding hydrogens is 224 g/mol. The van der Waals surface area contributed by atoms with E-state index in [0.29, 0.717) is 5.92 Å². The third-order valence-electron chi connectivity index (χ3n) is 3.15. The quantitative estimate of drug-likeness (QED) is 0.565. The van der Waals surface area contributed by atoms with Gasteiger partial charge >= 0.3 is 0 Å². The number of rotatable bonds is 5. The van der Waals surface area contributed by atoms with Gasteiger partial charge in [0.05, 0.1) is 13.1 Å². The fourth-order valence-corrected chi connectivity index (χ4v) is 2.07. The molecule has 2 aliphatic heterocycles. The van der Waals surface area contributed by atoms with Crippen molar-refractivity contribution >= 4 is 12.4 Å². The van der Waals surface area contributed by atoms with Crippen molar-refractivity contribution < 1.29 is 0 Å². The summed E-state index contributed by atoms with van der Waals surface area (Å²) in [6.45, 7) is 4.73. The second-order valence-corrected chi connectivity index (χ2v) is 4.62. The first-order chi connectivity index (χ1) is 8.95. The van der Waals surface area contributed by atoms with E-state index in [1.54, 1.807) is 0 Å². The van der Waals surface area contributed by atoms with E-state index in [0.717, 1.165) is 32.7 Å². The van der Waals surface area contributed by atoms with E-state index in [-0.39, 0.29) is 0 Å². The molecule has 0 aromatic rings. The molecule has 0 saturated carbocycles. The molecule has 0 aromatic heterocycles. The Balaban J connectivity index is 1.60. The van der Waals surface area contributed by atoms with Gasteiger partial charge < -0.3 is 10.6 Å². The summed E-state index contributed by atoms with van der Waals surface area (Å²) in [7, 11) is 0. The van der Waals surface area contributed by atoms with E-state index >= 15 is 0 Å². The molecule has 0 aromatic carbocycles. The Morgan fingerprint density at radius 2 is 2.06 bits per heavy atom. The first kappa shape index (κ1) is 13.0. The molecule has 0 amide bonds. The van der Waals surface area contributed by atoms with Gasteiger partial charge in [0.25, 0.3) is 0 Å². The second-order valence-electron chi connectivity index (χ2n) is 4.62. The van der Waals surface area contributed by atoms with Gasteiger partial charge in [0.1, 0.15) is 0 Å². The predicted octanol–water partition coefficient (Wildman–Crippen LogP) is 1.17. The van der Waals surface area contributed by atoms with Crippen LogP contribution in [0.15, 0.2) is 33.9 Å². The smallest absolute Gasteiger partial charge is 0.0585 e. The average Bonchev–Trinajstić information content (AvgIpc) is 2.45. The second kappa shape index (κ2) is 7.82. The van der Waals surface area contributed by atoms with Crippen LogP contribution >= 0.6 is 0 Å². The highest BCUT2D eigenvalue weighted by Gasteiger charge is 2.09. The Morgan fingerprint density at radius 1 is 1.22 bits per heavy atom. The van der Waals surface area contributed by atoms with Crippen LogP contribution < -0.4 is 10.6 Å². The summed E-state index contributed by atoms with van der Waals surface area (Å²) in [4.78, 5) is 8.84. The van der Waals surface area contributed by atoms with E-state index in [9.17, 15) is 0 Å². The Morgan fingerprint density at radius 3 is 2.83 bits per heavy atom. The zero-order valence-corrected chi connectivity index (χ0v) is 10.8. The maximum Gasteiger partial charge on any atom is 0.0585 e. The molecule has 0 unspecified atom stereocenters. The van der Waals surface area contributed by atoms with Crippen LogP contribution in [0.4, 0.5) is 0 Å². The number of piperidine rings is 1. The van der Waals surface area contributed by atoms with Crippen molar-refractivity contribution in [3.8, 4) is 0 Å². The van der Waals surface area contributed by atoms with E-state index in [1.165, 1.54) is 18.4 Å². The van der Waals surface area contributed by atoms with Crippen molar-refractivity contribution in [1.82, 2.24) is 10.6 Å². The molecule has 1 saturated heterocycles. The van der Waals surface area contributed by atoms with Crippen LogP contribution in [0.2, 0.25) is 0 Å². The fourth-order valence-electron chi connectivity index (χ4n) is 2.07. The number of allylic oxidation sites excluding steroid dienone is 2. The van der Waals surface area contributed by atoms with Gasteiger partial charge in [0.2, 0.25) is 0 Å². The molecule has 0 radical (unpaired) electrons. The molecule has 0 aliphatic carbocycles. The zero-order chi connectivity index (χ0) is 12.5. The minimum atomic E-state index is 0.672. The largest absolute Gasteiger partial charge is 0.387 e. The minimum absolute atomic E-state index is 0.672. The summed E-state index contributed by atoms with van der Waals surface area (Å²) >= 11 is 0. The van der Waals surface area contributed by atoms with Crippen LogP contribution in [0.25, 0.3) is 0 Å². The Kier molecular flexibility index (Phi) is 5.66. The van der Waals surface area contributed by atoms with Crippen LogP contribution in [0.1, 0.15) is 12.8 Å². The van der Waals surface area contributed by atoms with Gasteiger partial charge in [-0.2, -0.15) is 0 Å². The lowest BCUT2D eigenvalue weighted by Gasteiger charge is -2.18. The molecule has 0 bridgehead atoms. The minimum Gasteiger partial charge on any atom is -0.387 e. The SMILES string of the molecule is C1=CC(C=NCCN=CC2CCNCC2)=CCN1. The van der Waals surface area contributed by atoms with Crippen molar-refractivity contribution in [3.05, 3.63) is 23.9 Å². The zero-order valence-electron chi connectivity index (χ0n) is 10.8. The highest BCUT2D eigenvalue weighted by Crippen LogP contribution is 2.08. The molecular formula is C14H22N4. The van der Waals surface area contributed by atoms with Crippen molar-refractivity contribution in [2.24, 2.45) is 15.9 Å². The van der Waals surface area contributed by atoms with Crippen LogP contribution in [-0.4, -0.2) is 45.2 Å². The van der Waals surface area contributed by atoms with Gasteiger partial charge in [-0.25, -0.2) is 0 Å². The van der Waals surface area contributed by atoms with Crippen molar-refractivity contribution in [3.63, 3.8) is 0 Å². The molecule has 0 spiro atoms. The number of hydrogen-bond donors (Lipinski definition) is 2. The third-order valence-corrected chi connectivity index (χ3v) is 3.15. The monoisotopic (exact) mass is 246 g/mol. The first-order valence-corrected chi connectivity index (χ1v) is 6.76. The number of aliphatic imine (C=N–C) groups is 2. The lowest BCUT2D eigenvalue weighted by Crippen LogP contribution is -2.28. The number of dihydropyridines is 1. The molecule has 0 atom stereocenters.